The van der Waals surface area contributed by atoms with Crippen LogP contribution in [-0.4, -0.2) is 16.0 Å². The van der Waals surface area contributed by atoms with Crippen LogP contribution in [0.1, 0.15) is 17.4 Å². The van der Waals surface area contributed by atoms with Crippen LogP contribution in [0.25, 0.3) is 0 Å². The number of aromatic amines is 1. The van der Waals surface area contributed by atoms with Crippen molar-refractivity contribution in [3.8, 4) is 0 Å². The number of carbonyl (C=O) groups is 1. The van der Waals surface area contributed by atoms with Gasteiger partial charge in [0, 0.05) is 6.92 Å². The van der Waals surface area contributed by atoms with Crippen molar-refractivity contribution >= 4 is 21.7 Å². The van der Waals surface area contributed by atoms with Gasteiger partial charge in [-0.25, -0.2) is 0 Å². The Labute approximate surface area is 60.6 Å². The average molecular weight is 189 g/mol. The van der Waals surface area contributed by atoms with E-state index in [4.69, 9.17) is 0 Å². The molecule has 3 nitrogen and oxygen atoms in total. The topological polar surface area (TPSA) is 45.8 Å². The molecular weight excluding hydrogens is 184 g/mol. The molecule has 0 saturated carbocycles. The summed E-state index contributed by atoms with van der Waals surface area (Å²) in [5.41, 5.74) is 0.523. The summed E-state index contributed by atoms with van der Waals surface area (Å²) >= 11 is 3.15. The van der Waals surface area contributed by atoms with Crippen LogP contribution >= 0.6 is 15.9 Å². The third-order valence-corrected chi connectivity index (χ3v) is 1.55. The summed E-state index contributed by atoms with van der Waals surface area (Å²) in [4.78, 5) is 10.6. The van der Waals surface area contributed by atoms with Crippen molar-refractivity contribution < 1.29 is 4.79 Å². The molecule has 0 saturated heterocycles. The zero-order valence-electron chi connectivity index (χ0n) is 4.81. The van der Waals surface area contributed by atoms with E-state index in [2.05, 4.69) is 26.1 Å². The highest BCUT2D eigenvalue weighted by molar-refractivity contribution is 9.10. The molecule has 0 aromatic carbocycles. The number of halogens is 1. The monoisotopic (exact) mass is 188 g/mol. The molecule has 0 atom stereocenters. The molecule has 0 unspecified atom stereocenters. The molecule has 1 rings (SSSR count). The van der Waals surface area contributed by atoms with Gasteiger partial charge < -0.3 is 0 Å². The van der Waals surface area contributed by atoms with Gasteiger partial charge in [0.05, 0.1) is 10.7 Å². The lowest BCUT2D eigenvalue weighted by atomic mass is 10.3. The molecule has 0 bridgehead atoms. The number of hydrogen-bond acceptors (Lipinski definition) is 2. The van der Waals surface area contributed by atoms with E-state index in [9.17, 15) is 4.79 Å². The van der Waals surface area contributed by atoms with Gasteiger partial charge in [-0.2, -0.15) is 5.10 Å². The Morgan fingerprint density at radius 2 is 2.56 bits per heavy atom. The molecule has 4 heteroatoms. The first kappa shape index (κ1) is 6.48. The highest BCUT2D eigenvalue weighted by Crippen LogP contribution is 2.12. The Morgan fingerprint density at radius 1 is 1.89 bits per heavy atom. The summed E-state index contributed by atoms with van der Waals surface area (Å²) in [5.74, 6) is -0.0145. The number of nitrogens with one attached hydrogen (secondary N) is 1. The molecule has 1 aromatic rings. The third-order valence-electron chi connectivity index (χ3n) is 0.945. The predicted octanol–water partition coefficient (Wildman–Crippen LogP) is 1.37. The Balaban J connectivity index is 3.08. The fourth-order valence-corrected chi connectivity index (χ4v) is 0.989. The molecular formula is C5H5BrN2O. The fourth-order valence-electron chi connectivity index (χ4n) is 0.518. The Morgan fingerprint density at radius 3 is 2.78 bits per heavy atom. The van der Waals surface area contributed by atoms with E-state index in [0.29, 0.717) is 5.69 Å². The maximum absolute atomic E-state index is 10.6. The number of aromatic nitrogens is 2. The minimum atomic E-state index is -0.0145. The molecule has 0 amide bonds. The molecule has 1 N–H and O–H groups in total. The van der Waals surface area contributed by atoms with Crippen molar-refractivity contribution in [3.63, 3.8) is 0 Å². The predicted molar refractivity (Wildman–Crippen MR) is 36.3 cm³/mol. The Hall–Kier alpha value is -0.640. The summed E-state index contributed by atoms with van der Waals surface area (Å²) in [6.45, 7) is 1.48. The number of nitrogens with zero attached hydrogens (tertiary/aromatic N) is 1. The van der Waals surface area contributed by atoms with Crippen molar-refractivity contribution in [3.05, 3.63) is 16.4 Å². The maximum Gasteiger partial charge on any atom is 0.178 e. The molecule has 9 heavy (non-hydrogen) atoms. The van der Waals surface area contributed by atoms with Gasteiger partial charge >= 0.3 is 0 Å². The second kappa shape index (κ2) is 2.31. The summed E-state index contributed by atoms with van der Waals surface area (Å²) in [5, 5.41) is 6.21. The first-order valence-corrected chi connectivity index (χ1v) is 3.21. The van der Waals surface area contributed by atoms with Crippen LogP contribution in [-0.2, 0) is 0 Å². The molecule has 0 aliphatic rings. The lowest BCUT2D eigenvalue weighted by Crippen LogP contribution is -1.92. The molecule has 1 aromatic heterocycles. The zero-order chi connectivity index (χ0) is 6.85. The number of hydrogen-bond donors (Lipinski definition) is 1. The summed E-state index contributed by atoms with van der Waals surface area (Å²) in [6.07, 6.45) is 1.55. The molecule has 1 heterocycles. The van der Waals surface area contributed by atoms with E-state index in [-0.39, 0.29) is 5.78 Å². The summed E-state index contributed by atoms with van der Waals surface area (Å²) in [6, 6.07) is 0. The average Bonchev–Trinajstić information content (AvgIpc) is 2.13. The van der Waals surface area contributed by atoms with Crippen molar-refractivity contribution in [2.45, 2.75) is 6.92 Å². The third kappa shape index (κ3) is 1.18. The van der Waals surface area contributed by atoms with Gasteiger partial charge in [-0.15, -0.1) is 0 Å². The van der Waals surface area contributed by atoms with E-state index < -0.39 is 0 Å². The van der Waals surface area contributed by atoms with Crippen molar-refractivity contribution in [2.24, 2.45) is 0 Å². The van der Waals surface area contributed by atoms with Crippen LogP contribution in [0.4, 0.5) is 0 Å². The maximum atomic E-state index is 10.6. The largest absolute Gasteiger partial charge is 0.293 e. The highest BCUT2D eigenvalue weighted by atomic mass is 79.9. The highest BCUT2D eigenvalue weighted by Gasteiger charge is 2.04. The minimum absolute atomic E-state index is 0.0145. The van der Waals surface area contributed by atoms with E-state index in [1.165, 1.54) is 6.92 Å². The number of H-pyrrole nitrogens is 1. The van der Waals surface area contributed by atoms with Gasteiger partial charge in [-0.05, 0) is 15.9 Å². The molecule has 48 valence electrons. The van der Waals surface area contributed by atoms with Crippen molar-refractivity contribution in [2.75, 3.05) is 0 Å². The number of Topliss-reactive ketones (excluding diaryl/α,β-unsaturated/α-hetero) is 1. The molecule has 0 radical (unpaired) electrons. The molecule has 0 spiro atoms. The van der Waals surface area contributed by atoms with Gasteiger partial charge in [0.15, 0.2) is 5.78 Å². The van der Waals surface area contributed by atoms with Crippen LogP contribution in [0.3, 0.4) is 0 Å². The van der Waals surface area contributed by atoms with Gasteiger partial charge in [-0.1, -0.05) is 0 Å². The van der Waals surface area contributed by atoms with Crippen LogP contribution in [0.2, 0.25) is 0 Å². The second-order valence-electron chi connectivity index (χ2n) is 1.65. The molecule has 0 fully saturated rings. The van der Waals surface area contributed by atoms with Crippen LogP contribution in [0, 0.1) is 0 Å². The van der Waals surface area contributed by atoms with Gasteiger partial charge in [-0.3, -0.25) is 9.89 Å². The first-order valence-electron chi connectivity index (χ1n) is 2.41. The van der Waals surface area contributed by atoms with Gasteiger partial charge in [0.25, 0.3) is 0 Å². The zero-order valence-corrected chi connectivity index (χ0v) is 6.40. The molecule has 0 aliphatic heterocycles. The SMILES string of the molecule is CC(=O)c1[nH]ncc1Br. The van der Waals surface area contributed by atoms with E-state index in [1.807, 2.05) is 0 Å². The Bertz CT molecular complexity index is 231. The van der Waals surface area contributed by atoms with E-state index in [0.717, 1.165) is 4.47 Å². The van der Waals surface area contributed by atoms with Gasteiger partial charge in [0.2, 0.25) is 0 Å². The second-order valence-corrected chi connectivity index (χ2v) is 2.50. The Kier molecular flexibility index (Phi) is 1.66. The normalized spacial score (nSPS) is 9.56. The van der Waals surface area contributed by atoms with Crippen LogP contribution < -0.4 is 0 Å². The van der Waals surface area contributed by atoms with E-state index in [1.54, 1.807) is 6.20 Å². The van der Waals surface area contributed by atoms with Crippen LogP contribution in [0.15, 0.2) is 10.7 Å². The lowest BCUT2D eigenvalue weighted by molar-refractivity contribution is 0.101. The first-order chi connectivity index (χ1) is 4.22. The summed E-state index contributed by atoms with van der Waals surface area (Å²) in [7, 11) is 0. The van der Waals surface area contributed by atoms with E-state index >= 15 is 0 Å². The van der Waals surface area contributed by atoms with Crippen molar-refractivity contribution in [1.29, 1.82) is 0 Å². The summed E-state index contributed by atoms with van der Waals surface area (Å²) < 4.78 is 0.718. The quantitative estimate of drug-likeness (QED) is 0.678. The lowest BCUT2D eigenvalue weighted by Gasteiger charge is -1.85. The van der Waals surface area contributed by atoms with Crippen LogP contribution in [0.5, 0.6) is 0 Å². The van der Waals surface area contributed by atoms with Gasteiger partial charge in [0.1, 0.15) is 5.69 Å². The smallest absolute Gasteiger partial charge is 0.178 e. The number of rotatable bonds is 1. The van der Waals surface area contributed by atoms with Crippen molar-refractivity contribution in [1.82, 2.24) is 10.2 Å². The molecule has 0 aliphatic carbocycles. The standard InChI is InChI=1S/C5H5BrN2O/c1-3(9)5-4(6)2-7-8-5/h2H,1H3,(H,7,8). The number of ketones is 1. The fraction of sp³-hybridized carbons (Fsp3) is 0.200. The number of carbonyl (C=O) groups excluding carboxylic acids is 1. The minimum Gasteiger partial charge on any atom is -0.293 e.